The van der Waals surface area contributed by atoms with Crippen molar-refractivity contribution in [2.24, 2.45) is 0 Å². The first kappa shape index (κ1) is 13.1. The number of hydrogen-bond acceptors (Lipinski definition) is 4. The fourth-order valence-electron chi connectivity index (χ4n) is 2.22. The summed E-state index contributed by atoms with van der Waals surface area (Å²) >= 11 is 0. The summed E-state index contributed by atoms with van der Waals surface area (Å²) in [5, 5.41) is 7.63. The summed E-state index contributed by atoms with van der Waals surface area (Å²) in [6.45, 7) is 6.07. The van der Waals surface area contributed by atoms with Crippen LogP contribution in [0.25, 0.3) is 0 Å². The van der Waals surface area contributed by atoms with Crippen LogP contribution < -0.4 is 15.8 Å². The molecule has 5 nitrogen and oxygen atoms in total. The minimum Gasteiger partial charge on any atom is -0.371 e. The Morgan fingerprint density at radius 2 is 2.33 bits per heavy atom. The van der Waals surface area contributed by atoms with E-state index < -0.39 is 0 Å². The Morgan fingerprint density at radius 3 is 2.89 bits per heavy atom. The van der Waals surface area contributed by atoms with Crippen LogP contribution in [-0.2, 0) is 0 Å². The van der Waals surface area contributed by atoms with Crippen LogP contribution in [0.3, 0.4) is 0 Å². The van der Waals surface area contributed by atoms with E-state index in [0.29, 0.717) is 6.04 Å². The fraction of sp³-hybridized carbons (Fsp3) is 0.692. The molecule has 1 aromatic rings. The molecule has 1 aromatic heterocycles. The highest BCUT2D eigenvalue weighted by atomic mass is 16.1. The van der Waals surface area contributed by atoms with Crippen LogP contribution in [0.15, 0.2) is 17.1 Å². The summed E-state index contributed by atoms with van der Waals surface area (Å²) in [6, 6.07) is 2.24. The number of rotatable bonds is 3. The molecule has 2 heterocycles. The van der Waals surface area contributed by atoms with E-state index in [4.69, 9.17) is 0 Å². The van der Waals surface area contributed by atoms with Gasteiger partial charge in [0.2, 0.25) is 0 Å². The molecule has 0 unspecified atom stereocenters. The Hall–Kier alpha value is -1.36. The molecule has 18 heavy (non-hydrogen) atoms. The molecule has 0 bridgehead atoms. The van der Waals surface area contributed by atoms with Crippen LogP contribution in [0.4, 0.5) is 5.69 Å². The Balaban J connectivity index is 2.22. The largest absolute Gasteiger partial charge is 0.371 e. The molecule has 0 aliphatic carbocycles. The summed E-state index contributed by atoms with van der Waals surface area (Å²) in [5.74, 6) is 0. The third-order valence-electron chi connectivity index (χ3n) is 3.61. The first-order valence-corrected chi connectivity index (χ1v) is 6.62. The normalized spacial score (nSPS) is 20.1. The third kappa shape index (κ3) is 2.72. The zero-order valence-corrected chi connectivity index (χ0v) is 11.4. The van der Waals surface area contributed by atoms with Crippen molar-refractivity contribution in [3.63, 3.8) is 0 Å². The lowest BCUT2D eigenvalue weighted by Gasteiger charge is -2.26. The van der Waals surface area contributed by atoms with Crippen molar-refractivity contribution >= 4 is 5.69 Å². The summed E-state index contributed by atoms with van der Waals surface area (Å²) in [4.78, 5) is 14.2. The number of piperidine rings is 1. The maximum Gasteiger partial charge on any atom is 0.269 e. The molecule has 0 saturated carbocycles. The summed E-state index contributed by atoms with van der Waals surface area (Å²) in [6.07, 6.45) is 3.92. The Morgan fingerprint density at radius 1 is 1.56 bits per heavy atom. The fourth-order valence-corrected chi connectivity index (χ4v) is 2.22. The smallest absolute Gasteiger partial charge is 0.269 e. The summed E-state index contributed by atoms with van der Waals surface area (Å²) < 4.78 is 1.61. The summed E-state index contributed by atoms with van der Waals surface area (Å²) in [7, 11) is 1.98. The van der Waals surface area contributed by atoms with Gasteiger partial charge in [-0.1, -0.05) is 0 Å². The highest BCUT2D eigenvalue weighted by Gasteiger charge is 2.17. The molecule has 1 aliphatic rings. The van der Waals surface area contributed by atoms with Crippen molar-refractivity contribution in [3.05, 3.63) is 22.6 Å². The maximum atomic E-state index is 12.1. The van der Waals surface area contributed by atoms with Gasteiger partial charge in [-0.2, -0.15) is 5.10 Å². The van der Waals surface area contributed by atoms with Crippen molar-refractivity contribution < 1.29 is 0 Å². The first-order chi connectivity index (χ1) is 8.59. The average Bonchev–Trinajstić information content (AvgIpc) is 2.38. The van der Waals surface area contributed by atoms with E-state index in [1.165, 1.54) is 0 Å². The lowest BCUT2D eigenvalue weighted by Crippen LogP contribution is -2.38. The lowest BCUT2D eigenvalue weighted by atomic mass is 10.1. The van der Waals surface area contributed by atoms with Crippen LogP contribution in [-0.4, -0.2) is 36.0 Å². The van der Waals surface area contributed by atoms with E-state index in [9.17, 15) is 4.79 Å². The number of hydrogen-bond donors (Lipinski definition) is 1. The first-order valence-electron chi connectivity index (χ1n) is 6.62. The van der Waals surface area contributed by atoms with Gasteiger partial charge in [-0.3, -0.25) is 4.79 Å². The molecule has 1 atom stereocenters. The molecule has 2 rings (SSSR count). The van der Waals surface area contributed by atoms with Gasteiger partial charge in [0, 0.05) is 25.7 Å². The van der Waals surface area contributed by atoms with Crippen LogP contribution in [0.1, 0.15) is 32.7 Å². The molecule has 0 aromatic carbocycles. The molecular formula is C13H22N4O. The van der Waals surface area contributed by atoms with Crippen molar-refractivity contribution in [1.29, 1.82) is 0 Å². The van der Waals surface area contributed by atoms with Crippen LogP contribution in [0, 0.1) is 0 Å². The van der Waals surface area contributed by atoms with Gasteiger partial charge in [0.1, 0.15) is 0 Å². The average molecular weight is 250 g/mol. The second-order valence-corrected chi connectivity index (χ2v) is 5.20. The van der Waals surface area contributed by atoms with Gasteiger partial charge >= 0.3 is 0 Å². The van der Waals surface area contributed by atoms with Gasteiger partial charge in [-0.25, -0.2) is 4.68 Å². The van der Waals surface area contributed by atoms with Gasteiger partial charge in [-0.15, -0.1) is 0 Å². The van der Waals surface area contributed by atoms with Gasteiger partial charge in [0.25, 0.3) is 5.56 Å². The molecule has 1 aliphatic heterocycles. The van der Waals surface area contributed by atoms with Gasteiger partial charge in [0.15, 0.2) is 0 Å². The monoisotopic (exact) mass is 250 g/mol. The van der Waals surface area contributed by atoms with E-state index in [0.717, 1.165) is 31.6 Å². The predicted octanol–water partition coefficient (Wildman–Crippen LogP) is 1.01. The lowest BCUT2D eigenvalue weighted by molar-refractivity contribution is 0.335. The van der Waals surface area contributed by atoms with Crippen molar-refractivity contribution in [1.82, 2.24) is 15.1 Å². The number of nitrogens with zero attached hydrogens (tertiary/aromatic N) is 3. The molecular weight excluding hydrogens is 228 g/mol. The number of nitrogens with one attached hydrogen (secondary N) is 1. The van der Waals surface area contributed by atoms with Crippen LogP contribution in [0.5, 0.6) is 0 Å². The Labute approximate surface area is 108 Å². The van der Waals surface area contributed by atoms with E-state index in [1.807, 2.05) is 7.05 Å². The molecule has 0 amide bonds. The highest BCUT2D eigenvalue weighted by molar-refractivity contribution is 5.42. The topological polar surface area (TPSA) is 50.2 Å². The molecule has 0 radical (unpaired) electrons. The number of anilines is 1. The molecule has 1 N–H and O–H groups in total. The SMILES string of the molecule is CC(C)N(C)c1cnn([C@H]2CCCNC2)c(=O)c1. The third-order valence-corrected chi connectivity index (χ3v) is 3.61. The second kappa shape index (κ2) is 5.52. The van der Waals surface area contributed by atoms with E-state index in [1.54, 1.807) is 16.9 Å². The maximum absolute atomic E-state index is 12.1. The molecule has 5 heteroatoms. The quantitative estimate of drug-likeness (QED) is 0.870. The number of aromatic nitrogens is 2. The Bertz CT molecular complexity index is 449. The van der Waals surface area contributed by atoms with E-state index in [-0.39, 0.29) is 11.6 Å². The second-order valence-electron chi connectivity index (χ2n) is 5.20. The standard InChI is InChI=1S/C13H22N4O/c1-10(2)16(3)12-7-13(18)17(15-9-12)11-5-4-6-14-8-11/h7,9-11,14H,4-6,8H2,1-3H3/t11-/m0/s1. The van der Waals surface area contributed by atoms with Crippen molar-refractivity contribution in [2.45, 2.75) is 38.8 Å². The van der Waals surface area contributed by atoms with Gasteiger partial charge < -0.3 is 10.2 Å². The van der Waals surface area contributed by atoms with E-state index >= 15 is 0 Å². The summed E-state index contributed by atoms with van der Waals surface area (Å²) in [5.41, 5.74) is 0.878. The minimum atomic E-state index is -0.00583. The highest BCUT2D eigenvalue weighted by Crippen LogP contribution is 2.15. The van der Waals surface area contributed by atoms with Gasteiger partial charge in [-0.05, 0) is 33.2 Å². The zero-order valence-electron chi connectivity index (χ0n) is 11.4. The molecule has 0 spiro atoms. The van der Waals surface area contributed by atoms with Gasteiger partial charge in [0.05, 0.1) is 17.9 Å². The molecule has 100 valence electrons. The Kier molecular flexibility index (Phi) is 4.01. The molecule has 1 fully saturated rings. The predicted molar refractivity (Wildman–Crippen MR) is 73.2 cm³/mol. The minimum absolute atomic E-state index is 0.00583. The van der Waals surface area contributed by atoms with Crippen molar-refractivity contribution in [2.75, 3.05) is 25.0 Å². The van der Waals surface area contributed by atoms with Crippen LogP contribution >= 0.6 is 0 Å². The van der Waals surface area contributed by atoms with E-state index in [2.05, 4.69) is 29.2 Å². The molecule has 1 saturated heterocycles. The van der Waals surface area contributed by atoms with Crippen molar-refractivity contribution in [3.8, 4) is 0 Å². The van der Waals surface area contributed by atoms with Crippen LogP contribution in [0.2, 0.25) is 0 Å². The zero-order chi connectivity index (χ0) is 13.1.